The maximum Gasteiger partial charge on any atom is 0.224 e. The van der Waals surface area contributed by atoms with E-state index in [-0.39, 0.29) is 11.3 Å². The van der Waals surface area contributed by atoms with Gasteiger partial charge in [0.15, 0.2) is 0 Å². The number of benzene rings is 1. The van der Waals surface area contributed by atoms with Crippen LogP contribution < -0.4 is 5.32 Å². The van der Waals surface area contributed by atoms with Gasteiger partial charge in [-0.15, -0.1) is 0 Å². The minimum atomic E-state index is -0.0521. The Morgan fingerprint density at radius 1 is 1.44 bits per heavy atom. The zero-order valence-electron chi connectivity index (χ0n) is 10.9. The molecule has 1 amide bonds. The van der Waals surface area contributed by atoms with Crippen LogP contribution in [0.1, 0.15) is 39.2 Å². The number of hydrogen-bond donors (Lipinski definition) is 1. The van der Waals surface area contributed by atoms with Crippen molar-refractivity contribution in [2.45, 2.75) is 33.6 Å². The van der Waals surface area contributed by atoms with E-state index in [4.69, 9.17) is 5.26 Å². The molecule has 3 nitrogen and oxygen atoms in total. The van der Waals surface area contributed by atoms with Gasteiger partial charge in [-0.2, -0.15) is 5.26 Å². The molecule has 0 fully saturated rings. The highest BCUT2D eigenvalue weighted by Crippen LogP contribution is 2.23. The predicted octanol–water partition coefficient (Wildman–Crippen LogP) is 4.09. The summed E-state index contributed by atoms with van der Waals surface area (Å²) in [5.41, 5.74) is 1.17. The Morgan fingerprint density at radius 2 is 2.11 bits per heavy atom. The van der Waals surface area contributed by atoms with Gasteiger partial charge in [-0.05, 0) is 30.0 Å². The molecule has 0 radical (unpaired) electrons. The van der Waals surface area contributed by atoms with E-state index in [0.717, 1.165) is 10.9 Å². The number of halogens is 1. The van der Waals surface area contributed by atoms with Crippen LogP contribution in [0.4, 0.5) is 5.69 Å². The number of nitrogens with one attached hydrogen (secondary N) is 1. The SMILES string of the molecule is CC(C)(C)CCC(=O)Nc1ccc(Br)cc1C#N. The largest absolute Gasteiger partial charge is 0.325 e. The molecule has 0 aliphatic carbocycles. The molecule has 0 aliphatic rings. The fourth-order valence-corrected chi connectivity index (χ4v) is 1.78. The number of rotatable bonds is 3. The molecule has 0 atom stereocenters. The first-order valence-electron chi connectivity index (χ1n) is 5.81. The van der Waals surface area contributed by atoms with Gasteiger partial charge in [0, 0.05) is 10.9 Å². The highest BCUT2D eigenvalue weighted by Gasteiger charge is 2.13. The molecule has 0 bridgehead atoms. The molecule has 0 spiro atoms. The summed E-state index contributed by atoms with van der Waals surface area (Å²) >= 11 is 3.30. The van der Waals surface area contributed by atoms with Crippen LogP contribution in [-0.4, -0.2) is 5.91 Å². The third kappa shape index (κ3) is 4.89. The number of nitrogens with zero attached hydrogens (tertiary/aromatic N) is 1. The number of carbonyl (C=O) groups excluding carboxylic acids is 1. The zero-order chi connectivity index (χ0) is 13.8. The maximum absolute atomic E-state index is 11.8. The van der Waals surface area contributed by atoms with Gasteiger partial charge >= 0.3 is 0 Å². The normalized spacial score (nSPS) is 10.8. The summed E-state index contributed by atoms with van der Waals surface area (Å²) in [5.74, 6) is -0.0521. The Bertz CT molecular complexity index is 484. The third-order valence-electron chi connectivity index (χ3n) is 2.48. The first-order chi connectivity index (χ1) is 8.31. The van der Waals surface area contributed by atoms with E-state index in [1.165, 1.54) is 0 Å². The second kappa shape index (κ2) is 6.01. The van der Waals surface area contributed by atoms with Gasteiger partial charge in [0.2, 0.25) is 5.91 Å². The van der Waals surface area contributed by atoms with Crippen molar-refractivity contribution in [3.8, 4) is 6.07 Å². The van der Waals surface area contributed by atoms with E-state index in [9.17, 15) is 4.79 Å². The number of nitriles is 1. The summed E-state index contributed by atoms with van der Waals surface area (Å²) in [6.45, 7) is 6.29. The Hall–Kier alpha value is -1.34. The minimum absolute atomic E-state index is 0.0521. The van der Waals surface area contributed by atoms with Gasteiger partial charge in [-0.3, -0.25) is 4.79 Å². The molecule has 0 aliphatic heterocycles. The number of carbonyl (C=O) groups is 1. The Labute approximate surface area is 116 Å². The molecule has 1 N–H and O–H groups in total. The summed E-state index contributed by atoms with van der Waals surface area (Å²) < 4.78 is 0.826. The zero-order valence-corrected chi connectivity index (χ0v) is 12.5. The minimum Gasteiger partial charge on any atom is -0.325 e. The molecule has 1 aromatic rings. The van der Waals surface area contributed by atoms with Crippen LogP contribution in [0.15, 0.2) is 22.7 Å². The quantitative estimate of drug-likeness (QED) is 0.914. The van der Waals surface area contributed by atoms with Crippen LogP contribution in [0.2, 0.25) is 0 Å². The molecule has 1 aromatic carbocycles. The average Bonchev–Trinajstić information content (AvgIpc) is 2.28. The lowest BCUT2D eigenvalue weighted by Gasteiger charge is -2.17. The van der Waals surface area contributed by atoms with E-state index in [1.54, 1.807) is 18.2 Å². The van der Waals surface area contributed by atoms with E-state index >= 15 is 0 Å². The van der Waals surface area contributed by atoms with Gasteiger partial charge in [-0.1, -0.05) is 36.7 Å². The monoisotopic (exact) mass is 308 g/mol. The van der Waals surface area contributed by atoms with Crippen LogP contribution in [-0.2, 0) is 4.79 Å². The topological polar surface area (TPSA) is 52.9 Å². The van der Waals surface area contributed by atoms with Gasteiger partial charge in [0.1, 0.15) is 6.07 Å². The summed E-state index contributed by atoms with van der Waals surface area (Å²) in [7, 11) is 0. The van der Waals surface area contributed by atoms with Crippen LogP contribution in [0.5, 0.6) is 0 Å². The van der Waals surface area contributed by atoms with E-state index < -0.39 is 0 Å². The van der Waals surface area contributed by atoms with Crippen LogP contribution >= 0.6 is 15.9 Å². The number of anilines is 1. The van der Waals surface area contributed by atoms with Crippen molar-refractivity contribution in [2.75, 3.05) is 5.32 Å². The average molecular weight is 309 g/mol. The maximum atomic E-state index is 11.8. The van der Waals surface area contributed by atoms with Crippen molar-refractivity contribution in [1.29, 1.82) is 5.26 Å². The van der Waals surface area contributed by atoms with E-state index in [1.807, 2.05) is 0 Å². The van der Waals surface area contributed by atoms with E-state index in [2.05, 4.69) is 48.1 Å². The molecular weight excluding hydrogens is 292 g/mol. The lowest BCUT2D eigenvalue weighted by atomic mass is 9.90. The highest BCUT2D eigenvalue weighted by atomic mass is 79.9. The molecule has 1 rings (SSSR count). The summed E-state index contributed by atoms with van der Waals surface area (Å²) in [4.78, 5) is 11.8. The molecule has 0 saturated carbocycles. The first kappa shape index (κ1) is 14.7. The third-order valence-corrected chi connectivity index (χ3v) is 2.97. The fraction of sp³-hybridized carbons (Fsp3) is 0.429. The molecule has 4 heteroatoms. The second-order valence-corrected chi connectivity index (χ2v) is 6.33. The molecule has 0 aromatic heterocycles. The Morgan fingerprint density at radius 3 is 2.67 bits per heavy atom. The van der Waals surface area contributed by atoms with Gasteiger partial charge in [0.25, 0.3) is 0 Å². The lowest BCUT2D eigenvalue weighted by molar-refractivity contribution is -0.116. The van der Waals surface area contributed by atoms with Gasteiger partial charge in [-0.25, -0.2) is 0 Å². The van der Waals surface area contributed by atoms with Crippen molar-refractivity contribution in [3.63, 3.8) is 0 Å². The smallest absolute Gasteiger partial charge is 0.224 e. The number of hydrogen-bond acceptors (Lipinski definition) is 2. The summed E-state index contributed by atoms with van der Waals surface area (Å²) in [6.07, 6.45) is 1.28. The van der Waals surface area contributed by atoms with Crippen molar-refractivity contribution >= 4 is 27.5 Å². The van der Waals surface area contributed by atoms with Crippen molar-refractivity contribution in [3.05, 3.63) is 28.2 Å². The van der Waals surface area contributed by atoms with Crippen molar-refractivity contribution in [2.24, 2.45) is 5.41 Å². The second-order valence-electron chi connectivity index (χ2n) is 5.41. The van der Waals surface area contributed by atoms with Crippen molar-refractivity contribution < 1.29 is 4.79 Å². The fourth-order valence-electron chi connectivity index (χ4n) is 1.42. The Balaban J connectivity index is 2.68. The summed E-state index contributed by atoms with van der Waals surface area (Å²) in [5, 5.41) is 11.8. The predicted molar refractivity (Wildman–Crippen MR) is 76.2 cm³/mol. The first-order valence-corrected chi connectivity index (χ1v) is 6.60. The van der Waals surface area contributed by atoms with Gasteiger partial charge < -0.3 is 5.32 Å². The van der Waals surface area contributed by atoms with E-state index in [0.29, 0.717) is 17.7 Å². The summed E-state index contributed by atoms with van der Waals surface area (Å²) in [6, 6.07) is 7.30. The lowest BCUT2D eigenvalue weighted by Crippen LogP contribution is -2.16. The molecule has 0 unspecified atom stereocenters. The van der Waals surface area contributed by atoms with Crippen LogP contribution in [0.25, 0.3) is 0 Å². The standard InChI is InChI=1S/C14H17BrN2O/c1-14(2,3)7-6-13(18)17-12-5-4-11(15)8-10(12)9-16/h4-5,8H,6-7H2,1-3H3,(H,17,18). The molecule has 18 heavy (non-hydrogen) atoms. The molecule has 0 saturated heterocycles. The number of amides is 1. The molecule has 96 valence electrons. The Kier molecular flexibility index (Phi) is 4.92. The van der Waals surface area contributed by atoms with Crippen LogP contribution in [0.3, 0.4) is 0 Å². The van der Waals surface area contributed by atoms with Crippen LogP contribution in [0, 0.1) is 16.7 Å². The van der Waals surface area contributed by atoms with Crippen molar-refractivity contribution in [1.82, 2.24) is 0 Å². The van der Waals surface area contributed by atoms with Gasteiger partial charge in [0.05, 0.1) is 11.3 Å². The molecule has 0 heterocycles. The molecular formula is C14H17BrN2O. The highest BCUT2D eigenvalue weighted by molar-refractivity contribution is 9.10.